The number of aryl methyl sites for hydroxylation is 1. The van der Waals surface area contributed by atoms with E-state index >= 15 is 0 Å². The second kappa shape index (κ2) is 11.4. The first-order chi connectivity index (χ1) is 17.8. The second-order valence-electron chi connectivity index (χ2n) is 9.15. The number of nitrogens with one attached hydrogen (secondary N) is 3. The third-order valence-electron chi connectivity index (χ3n) is 6.35. The Hall–Kier alpha value is -4.59. The Kier molecular flexibility index (Phi) is 7.88. The van der Waals surface area contributed by atoms with Gasteiger partial charge >= 0.3 is 12.0 Å². The number of H-pyrrole nitrogens is 1. The number of rotatable bonds is 8. The first-order valence-electron chi connectivity index (χ1n) is 12.1. The van der Waals surface area contributed by atoms with E-state index in [9.17, 15) is 14.4 Å². The van der Waals surface area contributed by atoms with Crippen LogP contribution in [0.25, 0.3) is 5.57 Å². The maximum Gasteiger partial charge on any atom is 0.324 e. The number of hydrogen-bond acceptors (Lipinski definition) is 4. The van der Waals surface area contributed by atoms with Crippen molar-refractivity contribution in [3.63, 3.8) is 0 Å². The molecule has 37 heavy (non-hydrogen) atoms. The summed E-state index contributed by atoms with van der Waals surface area (Å²) in [6, 6.07) is 18.5. The molecule has 0 bridgehead atoms. The van der Waals surface area contributed by atoms with Crippen LogP contribution in [0.4, 0.5) is 10.5 Å². The third kappa shape index (κ3) is 6.55. The number of amides is 2. The average molecular weight is 499 g/mol. The number of carbonyl (C=O) groups excluding carboxylic acids is 1. The summed E-state index contributed by atoms with van der Waals surface area (Å²) in [5, 5.41) is 14.9. The van der Waals surface area contributed by atoms with Crippen LogP contribution < -0.4 is 16.2 Å². The molecule has 8 heteroatoms. The van der Waals surface area contributed by atoms with Crippen LogP contribution in [0, 0.1) is 6.92 Å². The molecule has 0 saturated heterocycles. The lowest BCUT2D eigenvalue weighted by Crippen LogP contribution is -2.39. The molecule has 1 aliphatic heterocycles. The number of carbonyl (C=O) groups is 2. The van der Waals surface area contributed by atoms with Crippen molar-refractivity contribution in [3.05, 3.63) is 117 Å². The van der Waals surface area contributed by atoms with Gasteiger partial charge in [-0.2, -0.15) is 0 Å². The van der Waals surface area contributed by atoms with Gasteiger partial charge in [-0.05, 0) is 59.4 Å². The highest BCUT2D eigenvalue weighted by atomic mass is 16.4. The number of pyridine rings is 1. The Morgan fingerprint density at radius 1 is 1.03 bits per heavy atom. The molecule has 0 saturated carbocycles. The van der Waals surface area contributed by atoms with E-state index < -0.39 is 5.97 Å². The molecule has 4 N–H and O–H groups in total. The lowest BCUT2D eigenvalue weighted by molar-refractivity contribution is -0.137. The second-order valence-corrected chi connectivity index (χ2v) is 9.15. The lowest BCUT2D eigenvalue weighted by atomic mass is 9.96. The molecule has 190 valence electrons. The molecule has 2 amide bonds. The first-order valence-corrected chi connectivity index (χ1v) is 12.1. The minimum atomic E-state index is -0.829. The van der Waals surface area contributed by atoms with E-state index in [0.717, 1.165) is 28.0 Å². The Bertz CT molecular complexity index is 1410. The summed E-state index contributed by atoms with van der Waals surface area (Å²) in [6.07, 6.45) is 5.31. The molecule has 4 rings (SSSR count). The number of urea groups is 1. The number of aromatic amines is 1. The van der Waals surface area contributed by atoms with Crippen molar-refractivity contribution in [1.29, 1.82) is 0 Å². The summed E-state index contributed by atoms with van der Waals surface area (Å²) in [7, 11) is 0. The molecule has 1 atom stereocenters. The molecule has 0 aliphatic carbocycles. The molecule has 0 spiro atoms. The Labute approximate surface area is 215 Å². The molecule has 0 fully saturated rings. The van der Waals surface area contributed by atoms with Crippen LogP contribution in [0.1, 0.15) is 41.5 Å². The average Bonchev–Trinajstić information content (AvgIpc) is 2.87. The van der Waals surface area contributed by atoms with Crippen LogP contribution in [0.15, 0.2) is 89.6 Å². The van der Waals surface area contributed by atoms with Crippen molar-refractivity contribution in [2.75, 3.05) is 11.9 Å². The number of aliphatic carboxylic acids is 1. The number of para-hydroxylation sites is 1. The largest absolute Gasteiger partial charge is 0.481 e. The van der Waals surface area contributed by atoms with Crippen LogP contribution >= 0.6 is 0 Å². The maximum atomic E-state index is 12.8. The van der Waals surface area contributed by atoms with Crippen molar-refractivity contribution in [2.24, 2.45) is 0 Å². The van der Waals surface area contributed by atoms with Gasteiger partial charge < -0.3 is 20.3 Å². The predicted molar refractivity (Wildman–Crippen MR) is 144 cm³/mol. The molecule has 0 radical (unpaired) electrons. The van der Waals surface area contributed by atoms with Gasteiger partial charge in [-0.25, -0.2) is 4.79 Å². The number of nitrogens with zero attached hydrogens (tertiary/aromatic N) is 1. The van der Waals surface area contributed by atoms with Gasteiger partial charge in [0.05, 0.1) is 6.42 Å². The van der Waals surface area contributed by atoms with Gasteiger partial charge in [0, 0.05) is 30.5 Å². The summed E-state index contributed by atoms with van der Waals surface area (Å²) in [5.41, 5.74) is 4.85. The van der Waals surface area contributed by atoms with E-state index in [1.807, 2.05) is 73.4 Å². The lowest BCUT2D eigenvalue weighted by Gasteiger charge is -2.31. The fourth-order valence-corrected chi connectivity index (χ4v) is 4.27. The van der Waals surface area contributed by atoms with Crippen molar-refractivity contribution in [1.82, 2.24) is 15.2 Å². The van der Waals surface area contributed by atoms with Crippen LogP contribution in [0.5, 0.6) is 0 Å². The summed E-state index contributed by atoms with van der Waals surface area (Å²) in [5.74, 6) is -0.321. The maximum absolute atomic E-state index is 12.8. The Morgan fingerprint density at radius 2 is 1.78 bits per heavy atom. The van der Waals surface area contributed by atoms with Gasteiger partial charge in [0.25, 0.3) is 5.56 Å². The number of allylic oxidation sites excluding steroid dienone is 2. The van der Waals surface area contributed by atoms with Crippen molar-refractivity contribution >= 4 is 23.3 Å². The molecule has 0 unspecified atom stereocenters. The van der Waals surface area contributed by atoms with E-state index in [-0.39, 0.29) is 23.9 Å². The molecule has 1 aromatic heterocycles. The number of benzene rings is 2. The number of anilines is 1. The SMILES string of the molecule is Cc1ccccc1NC(=O)NC1=CC=C(c2ccc[nH]c2=O)CN1Cc1ccc([C@H](C)CC(=O)O)cc1. The minimum absolute atomic E-state index is 0.0675. The molecule has 1 aliphatic rings. The Balaban J connectivity index is 1.55. The predicted octanol–water partition coefficient (Wildman–Crippen LogP) is 4.82. The van der Waals surface area contributed by atoms with Gasteiger partial charge in [0.2, 0.25) is 0 Å². The fraction of sp³-hybridized carbons (Fsp3) is 0.207. The normalized spacial score (nSPS) is 13.8. The summed E-state index contributed by atoms with van der Waals surface area (Å²) in [4.78, 5) is 41.0. The number of carboxylic acid groups (broad SMARTS) is 1. The zero-order valence-corrected chi connectivity index (χ0v) is 20.8. The molecular formula is C29H30N4O4. The standard InChI is InChI=1S/C29H30N4O4/c1-19-6-3-4-8-25(19)31-29(37)32-26-14-13-23(24-7-5-15-30-28(24)36)18-33(26)17-21-9-11-22(12-10-21)20(2)16-27(34)35/h3-15,20H,16-18H2,1-2H3,(H,30,36)(H,34,35)(H2,31,32,37)/t20-/m1/s1. The van der Waals surface area contributed by atoms with Crippen molar-refractivity contribution in [2.45, 2.75) is 32.7 Å². The van der Waals surface area contributed by atoms with Crippen LogP contribution in [-0.4, -0.2) is 33.5 Å². The van der Waals surface area contributed by atoms with Gasteiger partial charge in [-0.15, -0.1) is 0 Å². The van der Waals surface area contributed by atoms with Gasteiger partial charge in [0.1, 0.15) is 5.82 Å². The zero-order chi connectivity index (χ0) is 26.4. The van der Waals surface area contributed by atoms with Crippen LogP contribution in [0.2, 0.25) is 0 Å². The monoisotopic (exact) mass is 498 g/mol. The number of hydrogen-bond donors (Lipinski definition) is 4. The van der Waals surface area contributed by atoms with Crippen LogP contribution in [-0.2, 0) is 11.3 Å². The summed E-state index contributed by atoms with van der Waals surface area (Å²) < 4.78 is 0. The van der Waals surface area contributed by atoms with Gasteiger partial charge in [-0.3, -0.25) is 14.9 Å². The molecular weight excluding hydrogens is 468 g/mol. The summed E-state index contributed by atoms with van der Waals surface area (Å²) >= 11 is 0. The number of aromatic nitrogens is 1. The molecule has 3 aromatic rings. The van der Waals surface area contributed by atoms with Gasteiger partial charge in [-0.1, -0.05) is 55.5 Å². The third-order valence-corrected chi connectivity index (χ3v) is 6.35. The van der Waals surface area contributed by atoms with Crippen molar-refractivity contribution in [3.8, 4) is 0 Å². The smallest absolute Gasteiger partial charge is 0.324 e. The molecule has 2 heterocycles. The Morgan fingerprint density at radius 3 is 2.49 bits per heavy atom. The highest BCUT2D eigenvalue weighted by Gasteiger charge is 2.21. The van der Waals surface area contributed by atoms with Crippen LogP contribution in [0.3, 0.4) is 0 Å². The van der Waals surface area contributed by atoms with E-state index in [1.54, 1.807) is 24.4 Å². The highest BCUT2D eigenvalue weighted by molar-refractivity contribution is 5.91. The van der Waals surface area contributed by atoms with Gasteiger partial charge in [0.15, 0.2) is 0 Å². The van der Waals surface area contributed by atoms with E-state index in [4.69, 9.17) is 5.11 Å². The quantitative estimate of drug-likeness (QED) is 0.355. The highest BCUT2D eigenvalue weighted by Crippen LogP contribution is 2.24. The minimum Gasteiger partial charge on any atom is -0.481 e. The summed E-state index contributed by atoms with van der Waals surface area (Å²) in [6.45, 7) is 4.71. The van der Waals surface area contributed by atoms with E-state index in [2.05, 4.69) is 15.6 Å². The zero-order valence-electron chi connectivity index (χ0n) is 20.8. The van der Waals surface area contributed by atoms with E-state index in [1.165, 1.54) is 0 Å². The molecule has 2 aromatic carbocycles. The topological polar surface area (TPSA) is 115 Å². The fourth-order valence-electron chi connectivity index (χ4n) is 4.27. The van der Waals surface area contributed by atoms with E-state index in [0.29, 0.717) is 24.5 Å². The molecule has 8 nitrogen and oxygen atoms in total. The van der Waals surface area contributed by atoms with Crippen molar-refractivity contribution < 1.29 is 14.7 Å². The first kappa shape index (κ1) is 25.5. The number of carboxylic acids is 1.